The molecule has 0 amide bonds. The summed E-state index contributed by atoms with van der Waals surface area (Å²) >= 11 is 0. The van der Waals surface area contributed by atoms with Gasteiger partial charge >= 0.3 is 0 Å². The van der Waals surface area contributed by atoms with E-state index >= 15 is 0 Å². The van der Waals surface area contributed by atoms with Crippen LogP contribution in [0.25, 0.3) is 0 Å². The van der Waals surface area contributed by atoms with Crippen LogP contribution in [-0.2, 0) is 6.42 Å². The number of hydrogen-bond donors (Lipinski definition) is 2. The van der Waals surface area contributed by atoms with E-state index in [-0.39, 0.29) is 0 Å². The number of aliphatic hydroxyl groups excluding tert-OH is 1. The Balaban J connectivity index is 1.61. The number of ether oxygens (including phenoxy) is 2. The summed E-state index contributed by atoms with van der Waals surface area (Å²) in [6, 6.07) is 15.9. The lowest BCUT2D eigenvalue weighted by atomic mass is 10.1. The molecular weight excluding hydrogens is 290 g/mol. The number of methoxy groups -OCH3 is 1. The first-order chi connectivity index (χ1) is 11.2. The molecule has 0 fully saturated rings. The quantitative estimate of drug-likeness (QED) is 0.698. The maximum Gasteiger partial charge on any atom is 0.119 e. The molecule has 124 valence electrons. The highest BCUT2D eigenvalue weighted by molar-refractivity contribution is 5.28. The predicted octanol–water partition coefficient (Wildman–Crippen LogP) is 2.58. The molecule has 4 heteroatoms. The molecule has 0 aliphatic heterocycles. The first-order valence-electron chi connectivity index (χ1n) is 7.88. The van der Waals surface area contributed by atoms with Gasteiger partial charge in [-0.15, -0.1) is 0 Å². The molecule has 2 rings (SSSR count). The van der Waals surface area contributed by atoms with Crippen LogP contribution in [0, 0.1) is 6.92 Å². The van der Waals surface area contributed by atoms with Gasteiger partial charge in [-0.2, -0.15) is 0 Å². The zero-order valence-electron chi connectivity index (χ0n) is 13.8. The van der Waals surface area contributed by atoms with Gasteiger partial charge in [-0.3, -0.25) is 0 Å². The van der Waals surface area contributed by atoms with Gasteiger partial charge in [0.2, 0.25) is 0 Å². The van der Waals surface area contributed by atoms with Crippen LogP contribution < -0.4 is 14.8 Å². The number of nitrogens with one attached hydrogen (secondary N) is 1. The molecule has 0 radical (unpaired) electrons. The minimum absolute atomic E-state index is 0.291. The lowest BCUT2D eigenvalue weighted by Crippen LogP contribution is -2.32. The number of aliphatic hydroxyl groups is 1. The summed E-state index contributed by atoms with van der Waals surface area (Å²) in [5.74, 6) is 1.66. The molecule has 0 unspecified atom stereocenters. The summed E-state index contributed by atoms with van der Waals surface area (Å²) in [5, 5.41) is 13.2. The van der Waals surface area contributed by atoms with Crippen molar-refractivity contribution in [2.75, 3.05) is 26.8 Å². The molecule has 0 aliphatic rings. The Labute approximate surface area is 138 Å². The first-order valence-corrected chi connectivity index (χ1v) is 7.88. The topological polar surface area (TPSA) is 50.7 Å². The van der Waals surface area contributed by atoms with Crippen molar-refractivity contribution in [1.82, 2.24) is 5.32 Å². The molecule has 2 aromatic rings. The average Bonchev–Trinajstić information content (AvgIpc) is 2.57. The fraction of sp³-hybridized carbons (Fsp3) is 0.368. The second-order valence-corrected chi connectivity index (χ2v) is 5.58. The van der Waals surface area contributed by atoms with E-state index in [1.165, 1.54) is 5.56 Å². The van der Waals surface area contributed by atoms with Crippen LogP contribution in [0.15, 0.2) is 48.5 Å². The summed E-state index contributed by atoms with van der Waals surface area (Å²) in [7, 11) is 1.66. The highest BCUT2D eigenvalue weighted by Crippen LogP contribution is 2.13. The predicted molar refractivity (Wildman–Crippen MR) is 92.2 cm³/mol. The van der Waals surface area contributed by atoms with E-state index in [1.54, 1.807) is 7.11 Å². The van der Waals surface area contributed by atoms with Crippen LogP contribution in [-0.4, -0.2) is 38.0 Å². The standard InChI is InChI=1S/C19H25NO3/c1-15-4-3-5-19(12-15)23-14-17(21)13-20-11-10-16-6-8-18(22-2)9-7-16/h3-9,12,17,20-21H,10-11,13-14H2,1-2H3/t17-/m0/s1. The van der Waals surface area contributed by atoms with Gasteiger partial charge < -0.3 is 19.9 Å². The van der Waals surface area contributed by atoms with E-state index in [4.69, 9.17) is 9.47 Å². The second-order valence-electron chi connectivity index (χ2n) is 5.58. The zero-order valence-corrected chi connectivity index (χ0v) is 13.8. The molecule has 0 saturated carbocycles. The van der Waals surface area contributed by atoms with E-state index in [2.05, 4.69) is 17.4 Å². The van der Waals surface area contributed by atoms with Gasteiger partial charge in [-0.25, -0.2) is 0 Å². The van der Waals surface area contributed by atoms with Gasteiger partial charge in [0.25, 0.3) is 0 Å². The molecule has 4 nitrogen and oxygen atoms in total. The summed E-state index contributed by atoms with van der Waals surface area (Å²) in [6.45, 7) is 3.64. The van der Waals surface area contributed by atoms with Gasteiger partial charge in [0.15, 0.2) is 0 Å². The summed E-state index contributed by atoms with van der Waals surface area (Å²) < 4.78 is 10.7. The Morgan fingerprint density at radius 2 is 1.87 bits per heavy atom. The molecule has 1 atom stereocenters. The van der Waals surface area contributed by atoms with Gasteiger partial charge in [0.1, 0.15) is 24.2 Å². The zero-order chi connectivity index (χ0) is 16.5. The summed E-state index contributed by atoms with van der Waals surface area (Å²) in [4.78, 5) is 0. The van der Waals surface area contributed by atoms with Crippen molar-refractivity contribution in [3.05, 3.63) is 59.7 Å². The Morgan fingerprint density at radius 1 is 1.09 bits per heavy atom. The molecular formula is C19H25NO3. The van der Waals surface area contributed by atoms with Crippen molar-refractivity contribution in [1.29, 1.82) is 0 Å². The third-order valence-corrected chi connectivity index (χ3v) is 3.56. The lowest BCUT2D eigenvalue weighted by molar-refractivity contribution is 0.106. The van der Waals surface area contributed by atoms with Crippen LogP contribution in [0.5, 0.6) is 11.5 Å². The molecule has 0 aliphatic carbocycles. The number of aryl methyl sites for hydroxylation is 1. The molecule has 2 aromatic carbocycles. The minimum Gasteiger partial charge on any atom is -0.497 e. The first kappa shape index (κ1) is 17.3. The average molecular weight is 315 g/mol. The third-order valence-electron chi connectivity index (χ3n) is 3.56. The van der Waals surface area contributed by atoms with Gasteiger partial charge in [0.05, 0.1) is 7.11 Å². The second kappa shape index (κ2) is 9.18. The molecule has 0 aromatic heterocycles. The van der Waals surface area contributed by atoms with Crippen LogP contribution in [0.4, 0.5) is 0 Å². The minimum atomic E-state index is -0.522. The summed E-state index contributed by atoms with van der Waals surface area (Å²) in [5.41, 5.74) is 2.39. The third kappa shape index (κ3) is 6.30. The van der Waals surface area contributed by atoms with Gasteiger partial charge in [-0.05, 0) is 55.3 Å². The highest BCUT2D eigenvalue weighted by atomic mass is 16.5. The van der Waals surface area contributed by atoms with Crippen molar-refractivity contribution in [2.24, 2.45) is 0 Å². The number of rotatable bonds is 9. The molecule has 0 spiro atoms. The maximum atomic E-state index is 9.94. The van der Waals surface area contributed by atoms with Crippen LogP contribution in [0.1, 0.15) is 11.1 Å². The number of hydrogen-bond acceptors (Lipinski definition) is 4. The monoisotopic (exact) mass is 315 g/mol. The van der Waals surface area contributed by atoms with Crippen molar-refractivity contribution in [2.45, 2.75) is 19.4 Å². The van der Waals surface area contributed by atoms with Crippen LogP contribution in [0.3, 0.4) is 0 Å². The summed E-state index contributed by atoms with van der Waals surface area (Å²) in [6.07, 6.45) is 0.390. The molecule has 0 heterocycles. The van der Waals surface area contributed by atoms with Gasteiger partial charge in [0, 0.05) is 6.54 Å². The van der Waals surface area contributed by atoms with E-state index in [0.29, 0.717) is 13.2 Å². The number of benzene rings is 2. The van der Waals surface area contributed by atoms with Crippen LogP contribution >= 0.6 is 0 Å². The van der Waals surface area contributed by atoms with Crippen molar-refractivity contribution < 1.29 is 14.6 Å². The smallest absolute Gasteiger partial charge is 0.119 e. The van der Waals surface area contributed by atoms with Crippen molar-refractivity contribution in [3.8, 4) is 11.5 Å². The molecule has 0 saturated heterocycles. The van der Waals surface area contributed by atoms with E-state index in [9.17, 15) is 5.11 Å². The van der Waals surface area contributed by atoms with Crippen molar-refractivity contribution in [3.63, 3.8) is 0 Å². The van der Waals surface area contributed by atoms with E-state index < -0.39 is 6.10 Å². The Hall–Kier alpha value is -2.04. The SMILES string of the molecule is COc1ccc(CCNC[C@H](O)COc2cccc(C)c2)cc1. The molecule has 23 heavy (non-hydrogen) atoms. The van der Waals surface area contributed by atoms with E-state index in [0.717, 1.165) is 30.0 Å². The Kier molecular flexibility index (Phi) is 6.91. The van der Waals surface area contributed by atoms with Crippen LogP contribution in [0.2, 0.25) is 0 Å². The van der Waals surface area contributed by atoms with E-state index in [1.807, 2.05) is 43.3 Å². The Morgan fingerprint density at radius 3 is 2.57 bits per heavy atom. The van der Waals surface area contributed by atoms with Gasteiger partial charge in [-0.1, -0.05) is 24.3 Å². The van der Waals surface area contributed by atoms with Crippen molar-refractivity contribution >= 4 is 0 Å². The highest BCUT2D eigenvalue weighted by Gasteiger charge is 2.05. The molecule has 2 N–H and O–H groups in total. The fourth-order valence-corrected chi connectivity index (χ4v) is 2.25. The maximum absolute atomic E-state index is 9.94. The largest absolute Gasteiger partial charge is 0.497 e. The fourth-order valence-electron chi connectivity index (χ4n) is 2.25. The normalized spacial score (nSPS) is 12.0. The lowest BCUT2D eigenvalue weighted by Gasteiger charge is -2.13. The Bertz CT molecular complexity index is 583. The molecule has 0 bridgehead atoms.